The summed E-state index contributed by atoms with van der Waals surface area (Å²) in [6.07, 6.45) is 9.93. The third-order valence-corrected chi connectivity index (χ3v) is 10.6. The van der Waals surface area contributed by atoms with Crippen molar-refractivity contribution in [1.29, 1.82) is 0 Å². The van der Waals surface area contributed by atoms with Crippen molar-refractivity contribution in [2.24, 2.45) is 0 Å². The fourth-order valence-electron chi connectivity index (χ4n) is 8.18. The van der Waals surface area contributed by atoms with E-state index in [2.05, 4.69) is 46.9 Å². The standard InChI is InChI=1S/C41H53FN4O4/c1-6-46(33-15-17-49-18-16-33)39-21-31(12-11-30-13-14-32(38(42)20-30)25-45-23-26(2)50-27(3)24-45)19-36(28(39)4)40(47)43-22-37-35-10-8-7-9-34(35)29(5)44-41(37)48/h11-14,19-21,26-27,33H,6-10,15-18,22-25H2,1-5H3,(H,43,47)(H,44,48)/b12-11+/t26-,27+. The summed E-state index contributed by atoms with van der Waals surface area (Å²) in [5.74, 6) is -0.442. The smallest absolute Gasteiger partial charge is 0.253 e. The Morgan fingerprint density at radius 3 is 2.42 bits per heavy atom. The molecular weight excluding hydrogens is 631 g/mol. The number of anilines is 1. The molecule has 0 spiro atoms. The van der Waals surface area contributed by atoms with Gasteiger partial charge in [0.1, 0.15) is 5.82 Å². The molecule has 1 amide bonds. The Bertz CT molecular complexity index is 1770. The molecule has 50 heavy (non-hydrogen) atoms. The first-order valence-corrected chi connectivity index (χ1v) is 18.5. The van der Waals surface area contributed by atoms with E-state index in [1.165, 1.54) is 5.56 Å². The number of ether oxygens (including phenoxy) is 2. The lowest BCUT2D eigenvalue weighted by atomic mass is 9.88. The number of benzene rings is 2. The van der Waals surface area contributed by atoms with Crippen molar-refractivity contribution in [3.8, 4) is 0 Å². The van der Waals surface area contributed by atoms with Crippen LogP contribution in [0.15, 0.2) is 35.1 Å². The number of nitrogens with one attached hydrogen (secondary N) is 2. The van der Waals surface area contributed by atoms with Gasteiger partial charge in [-0.05, 0) is 119 Å². The molecule has 0 bridgehead atoms. The number of aromatic nitrogens is 1. The maximum absolute atomic E-state index is 15.4. The normalized spacial score (nSPS) is 20.2. The van der Waals surface area contributed by atoms with Crippen LogP contribution in [-0.2, 0) is 35.4 Å². The number of fused-ring (bicyclic) bond motifs is 1. The molecule has 3 aliphatic rings. The summed E-state index contributed by atoms with van der Waals surface area (Å²) in [6, 6.07) is 9.75. The van der Waals surface area contributed by atoms with Gasteiger partial charge in [-0.3, -0.25) is 14.5 Å². The molecule has 2 fully saturated rings. The Morgan fingerprint density at radius 2 is 1.72 bits per heavy atom. The van der Waals surface area contributed by atoms with Crippen LogP contribution >= 0.6 is 0 Å². The SMILES string of the molecule is CCN(c1cc(/C=C/c2ccc(CN3C[C@@H](C)O[C@@H](C)C3)c(F)c2)cc(C(=O)NCc2c3c(c(C)[nH]c2=O)CCCC3)c1C)C1CCOCC1. The molecule has 9 heteroatoms. The molecule has 0 saturated carbocycles. The minimum atomic E-state index is -0.228. The van der Waals surface area contributed by atoms with Gasteiger partial charge in [0.15, 0.2) is 0 Å². The number of H-pyrrole nitrogens is 1. The van der Waals surface area contributed by atoms with E-state index in [1.54, 1.807) is 6.07 Å². The predicted molar refractivity (Wildman–Crippen MR) is 198 cm³/mol. The van der Waals surface area contributed by atoms with Crippen LogP contribution in [0.5, 0.6) is 0 Å². The maximum atomic E-state index is 15.4. The van der Waals surface area contributed by atoms with Crippen molar-refractivity contribution in [2.45, 2.75) is 104 Å². The maximum Gasteiger partial charge on any atom is 0.253 e. The molecule has 2 aromatic carbocycles. The number of carbonyl (C=O) groups excluding carboxylic acids is 1. The second kappa shape index (κ2) is 16.0. The second-order valence-corrected chi connectivity index (χ2v) is 14.4. The third kappa shape index (κ3) is 8.22. The summed E-state index contributed by atoms with van der Waals surface area (Å²) in [5, 5.41) is 3.10. The van der Waals surface area contributed by atoms with Gasteiger partial charge < -0.3 is 24.7 Å². The molecule has 268 valence electrons. The van der Waals surface area contributed by atoms with E-state index in [0.717, 1.165) is 91.8 Å². The Kier molecular flexibility index (Phi) is 11.6. The molecule has 1 aliphatic carbocycles. The van der Waals surface area contributed by atoms with Crippen molar-refractivity contribution in [2.75, 3.05) is 37.7 Å². The molecule has 0 radical (unpaired) electrons. The number of nitrogens with zero attached hydrogens (tertiary/aromatic N) is 2. The van der Waals surface area contributed by atoms with Gasteiger partial charge in [0.2, 0.25) is 0 Å². The Balaban J connectivity index is 1.27. The number of rotatable bonds is 10. The Hall–Kier alpha value is -3.79. The number of hydrogen-bond donors (Lipinski definition) is 2. The zero-order chi connectivity index (χ0) is 35.4. The van der Waals surface area contributed by atoms with E-state index in [0.29, 0.717) is 42.5 Å². The quantitative estimate of drug-likeness (QED) is 0.231. The second-order valence-electron chi connectivity index (χ2n) is 14.4. The number of morpholine rings is 1. The highest BCUT2D eigenvalue weighted by atomic mass is 19.1. The summed E-state index contributed by atoms with van der Waals surface area (Å²) in [4.78, 5) is 34.7. The highest BCUT2D eigenvalue weighted by Crippen LogP contribution is 2.31. The number of hydrogen-bond acceptors (Lipinski definition) is 6. The van der Waals surface area contributed by atoms with Gasteiger partial charge in [0, 0.05) is 80.1 Å². The van der Waals surface area contributed by atoms with Crippen LogP contribution in [0, 0.1) is 19.7 Å². The molecule has 6 rings (SSSR count). The molecule has 2 atom stereocenters. The number of carbonyl (C=O) groups is 1. The van der Waals surface area contributed by atoms with Crippen LogP contribution in [0.4, 0.5) is 10.1 Å². The van der Waals surface area contributed by atoms with E-state index < -0.39 is 0 Å². The highest BCUT2D eigenvalue weighted by Gasteiger charge is 2.26. The lowest BCUT2D eigenvalue weighted by Crippen LogP contribution is -2.44. The van der Waals surface area contributed by atoms with Crippen molar-refractivity contribution in [1.82, 2.24) is 15.2 Å². The molecule has 3 aromatic rings. The fourth-order valence-corrected chi connectivity index (χ4v) is 8.18. The highest BCUT2D eigenvalue weighted by molar-refractivity contribution is 5.98. The minimum absolute atomic E-state index is 0.124. The van der Waals surface area contributed by atoms with E-state index in [9.17, 15) is 9.59 Å². The van der Waals surface area contributed by atoms with Crippen LogP contribution in [0.25, 0.3) is 12.2 Å². The minimum Gasteiger partial charge on any atom is -0.381 e. The first-order valence-electron chi connectivity index (χ1n) is 18.5. The van der Waals surface area contributed by atoms with Gasteiger partial charge >= 0.3 is 0 Å². The van der Waals surface area contributed by atoms with Crippen LogP contribution < -0.4 is 15.8 Å². The van der Waals surface area contributed by atoms with Crippen molar-refractivity contribution in [3.05, 3.63) is 96.7 Å². The van der Waals surface area contributed by atoms with Gasteiger partial charge in [0.25, 0.3) is 11.5 Å². The zero-order valence-corrected chi connectivity index (χ0v) is 30.4. The van der Waals surface area contributed by atoms with Gasteiger partial charge in [0.05, 0.1) is 12.2 Å². The summed E-state index contributed by atoms with van der Waals surface area (Å²) < 4.78 is 26.9. The van der Waals surface area contributed by atoms with Crippen LogP contribution in [0.2, 0.25) is 0 Å². The first kappa shape index (κ1) is 36.0. The predicted octanol–water partition coefficient (Wildman–Crippen LogP) is 6.72. The molecule has 2 saturated heterocycles. The molecule has 1 aromatic heterocycles. The summed E-state index contributed by atoms with van der Waals surface area (Å²) in [7, 11) is 0. The molecule has 2 N–H and O–H groups in total. The van der Waals surface area contributed by atoms with E-state index >= 15 is 4.39 Å². The van der Waals surface area contributed by atoms with Gasteiger partial charge in [-0.25, -0.2) is 4.39 Å². The molecule has 0 unspecified atom stereocenters. The molecule has 8 nitrogen and oxygen atoms in total. The Labute approximate surface area is 296 Å². The third-order valence-electron chi connectivity index (χ3n) is 10.6. The topological polar surface area (TPSA) is 86.9 Å². The number of amides is 1. The average molecular weight is 685 g/mol. The van der Waals surface area contributed by atoms with Crippen LogP contribution in [0.1, 0.15) is 101 Å². The van der Waals surface area contributed by atoms with Crippen LogP contribution in [-0.4, -0.2) is 66.9 Å². The number of halogens is 1. The largest absolute Gasteiger partial charge is 0.381 e. The molecule has 2 aliphatic heterocycles. The monoisotopic (exact) mass is 684 g/mol. The summed E-state index contributed by atoms with van der Waals surface area (Å²) >= 11 is 0. The van der Waals surface area contributed by atoms with Crippen molar-refractivity contribution >= 4 is 23.7 Å². The van der Waals surface area contributed by atoms with E-state index in [-0.39, 0.29) is 36.0 Å². The van der Waals surface area contributed by atoms with Gasteiger partial charge in [-0.15, -0.1) is 0 Å². The van der Waals surface area contributed by atoms with E-state index in [1.807, 2.05) is 44.2 Å². The van der Waals surface area contributed by atoms with E-state index in [4.69, 9.17) is 9.47 Å². The Morgan fingerprint density at radius 1 is 1.02 bits per heavy atom. The number of aromatic amines is 1. The zero-order valence-electron chi connectivity index (χ0n) is 30.4. The molecule has 3 heterocycles. The van der Waals surface area contributed by atoms with Gasteiger partial charge in [-0.1, -0.05) is 24.3 Å². The lowest BCUT2D eigenvalue weighted by Gasteiger charge is -2.36. The lowest BCUT2D eigenvalue weighted by molar-refractivity contribution is -0.0707. The van der Waals surface area contributed by atoms with Crippen LogP contribution in [0.3, 0.4) is 0 Å². The van der Waals surface area contributed by atoms with Crippen molar-refractivity contribution < 1.29 is 18.7 Å². The fraction of sp³-hybridized carbons (Fsp3) is 0.512. The summed E-state index contributed by atoms with van der Waals surface area (Å²) in [5.41, 5.74) is 8.53. The van der Waals surface area contributed by atoms with Gasteiger partial charge in [-0.2, -0.15) is 0 Å². The average Bonchev–Trinajstić information content (AvgIpc) is 3.09. The molecular formula is C41H53FN4O4. The summed E-state index contributed by atoms with van der Waals surface area (Å²) in [6.45, 7) is 14.7. The number of aryl methyl sites for hydroxylation is 1. The number of pyridine rings is 1. The first-order chi connectivity index (χ1) is 24.1. The van der Waals surface area contributed by atoms with Crippen molar-refractivity contribution in [3.63, 3.8) is 0 Å².